The molecule has 1 rings (SSSR count). The second kappa shape index (κ2) is 5.63. The molecule has 0 aromatic carbocycles. The topological polar surface area (TPSA) is 77.9 Å². The number of hydrogen-bond donors (Lipinski definition) is 1. The monoisotopic (exact) mass is 304 g/mol. The Balaban J connectivity index is 2.79. The molecular weight excluding hydrogens is 289 g/mol. The maximum absolute atomic E-state index is 12.2. The molecule has 1 fully saturated rings. The van der Waals surface area contributed by atoms with Crippen LogP contribution in [0.1, 0.15) is 12.8 Å². The summed E-state index contributed by atoms with van der Waals surface area (Å²) in [7, 11) is -3.45. The van der Waals surface area contributed by atoms with E-state index in [2.05, 4.69) is 0 Å². The fraction of sp³-hybridized carbons (Fsp3) is 0.889. The molecular formula is C9H15F3N2O4S. The van der Waals surface area contributed by atoms with Crippen LogP contribution in [0.3, 0.4) is 0 Å². The predicted octanol–water partition coefficient (Wildman–Crippen LogP) is 0.522. The van der Waals surface area contributed by atoms with Gasteiger partial charge < -0.3 is 5.11 Å². The van der Waals surface area contributed by atoms with Gasteiger partial charge in [0.15, 0.2) is 0 Å². The summed E-state index contributed by atoms with van der Waals surface area (Å²) < 4.78 is 61.3. The van der Waals surface area contributed by atoms with E-state index in [9.17, 15) is 26.4 Å². The number of alkyl halides is 3. The molecule has 1 aliphatic rings. The van der Waals surface area contributed by atoms with E-state index < -0.39 is 34.8 Å². The molecule has 1 aliphatic heterocycles. The lowest BCUT2D eigenvalue weighted by atomic mass is 10.0. The maximum atomic E-state index is 12.2. The standard InChI is InChI=1S/C9H15F3N2O4S/c1-13(6-9(10,11)12)19(17,18)14-4-2-3-7(5-14)8(15)16/h7H,2-6H2,1H3,(H,15,16). The molecule has 1 unspecified atom stereocenters. The number of piperidine rings is 1. The first-order valence-corrected chi connectivity index (χ1v) is 6.94. The van der Waals surface area contributed by atoms with Crippen LogP contribution in [0.2, 0.25) is 0 Å². The van der Waals surface area contributed by atoms with Gasteiger partial charge >= 0.3 is 12.1 Å². The van der Waals surface area contributed by atoms with Gasteiger partial charge in [0.05, 0.1) is 5.92 Å². The fourth-order valence-electron chi connectivity index (χ4n) is 1.88. The Bertz CT molecular complexity index is 437. The highest BCUT2D eigenvalue weighted by atomic mass is 32.2. The first-order chi connectivity index (χ1) is 8.54. The zero-order valence-corrected chi connectivity index (χ0v) is 11.0. The normalized spacial score (nSPS) is 22.7. The highest BCUT2D eigenvalue weighted by molar-refractivity contribution is 7.86. The van der Waals surface area contributed by atoms with Crippen molar-refractivity contribution in [3.63, 3.8) is 0 Å². The van der Waals surface area contributed by atoms with Crippen molar-refractivity contribution in [1.29, 1.82) is 0 Å². The van der Waals surface area contributed by atoms with Gasteiger partial charge in [0, 0.05) is 20.1 Å². The average Bonchev–Trinajstić information content (AvgIpc) is 2.26. The summed E-state index contributed by atoms with van der Waals surface area (Å²) in [6.45, 7) is -1.85. The summed E-state index contributed by atoms with van der Waals surface area (Å²) in [5.74, 6) is -2.01. The third kappa shape index (κ3) is 4.32. The van der Waals surface area contributed by atoms with Gasteiger partial charge in [-0.3, -0.25) is 4.79 Å². The summed E-state index contributed by atoms with van der Waals surface area (Å²) in [6, 6.07) is 0. The molecule has 112 valence electrons. The first kappa shape index (κ1) is 16.2. The fourth-order valence-corrected chi connectivity index (χ4v) is 3.32. The Hall–Kier alpha value is -0.870. The Kier molecular flexibility index (Phi) is 4.80. The number of carbonyl (C=O) groups is 1. The summed E-state index contributed by atoms with van der Waals surface area (Å²) in [5, 5.41) is 8.83. The molecule has 0 aliphatic carbocycles. The molecule has 0 saturated carbocycles. The molecule has 0 aromatic heterocycles. The summed E-state index contributed by atoms with van der Waals surface area (Å²) >= 11 is 0. The number of halogens is 3. The minimum atomic E-state index is -4.64. The van der Waals surface area contributed by atoms with Crippen LogP contribution in [0.15, 0.2) is 0 Å². The first-order valence-electron chi connectivity index (χ1n) is 5.55. The quantitative estimate of drug-likeness (QED) is 0.821. The molecule has 0 radical (unpaired) electrons. The van der Waals surface area contributed by atoms with Crippen LogP contribution in [-0.4, -0.2) is 61.0 Å². The van der Waals surface area contributed by atoms with E-state index in [1.54, 1.807) is 0 Å². The number of carboxylic acid groups (broad SMARTS) is 1. The minimum absolute atomic E-state index is 0.0360. The van der Waals surface area contributed by atoms with Crippen molar-refractivity contribution in [2.24, 2.45) is 5.92 Å². The second-order valence-corrected chi connectivity index (χ2v) is 6.45. The van der Waals surface area contributed by atoms with Gasteiger partial charge in [-0.2, -0.15) is 30.2 Å². The molecule has 0 amide bonds. The summed E-state index contributed by atoms with van der Waals surface area (Å²) in [6.07, 6.45) is -4.00. The number of hydrogen-bond acceptors (Lipinski definition) is 3. The average molecular weight is 304 g/mol. The van der Waals surface area contributed by atoms with Gasteiger partial charge in [-0.05, 0) is 12.8 Å². The van der Waals surface area contributed by atoms with Gasteiger partial charge in [-0.15, -0.1) is 0 Å². The van der Waals surface area contributed by atoms with Crippen molar-refractivity contribution in [3.8, 4) is 0 Å². The molecule has 6 nitrogen and oxygen atoms in total. The van der Waals surface area contributed by atoms with Crippen LogP contribution in [0.5, 0.6) is 0 Å². The molecule has 19 heavy (non-hydrogen) atoms. The van der Waals surface area contributed by atoms with Crippen molar-refractivity contribution >= 4 is 16.2 Å². The molecule has 1 saturated heterocycles. The van der Waals surface area contributed by atoms with Gasteiger partial charge in [0.25, 0.3) is 10.2 Å². The third-order valence-electron chi connectivity index (χ3n) is 2.86. The molecule has 0 bridgehead atoms. The molecule has 1 N–H and O–H groups in total. The zero-order valence-electron chi connectivity index (χ0n) is 10.2. The van der Waals surface area contributed by atoms with Crippen molar-refractivity contribution in [2.45, 2.75) is 19.0 Å². The summed E-state index contributed by atoms with van der Waals surface area (Å²) in [5.41, 5.74) is 0. The van der Waals surface area contributed by atoms with Gasteiger partial charge in [0.2, 0.25) is 0 Å². The van der Waals surface area contributed by atoms with E-state index in [0.29, 0.717) is 12.8 Å². The maximum Gasteiger partial charge on any atom is 0.402 e. The van der Waals surface area contributed by atoms with E-state index in [0.717, 1.165) is 11.4 Å². The van der Waals surface area contributed by atoms with E-state index in [1.807, 2.05) is 0 Å². The number of nitrogens with zero attached hydrogens (tertiary/aromatic N) is 2. The van der Waals surface area contributed by atoms with Crippen molar-refractivity contribution < 1.29 is 31.5 Å². The Morgan fingerprint density at radius 3 is 2.53 bits per heavy atom. The van der Waals surface area contributed by atoms with Crippen LogP contribution in [0.4, 0.5) is 13.2 Å². The molecule has 10 heteroatoms. The predicted molar refractivity (Wildman–Crippen MR) is 59.5 cm³/mol. The molecule has 0 aromatic rings. The van der Waals surface area contributed by atoms with Gasteiger partial charge in [-0.1, -0.05) is 0 Å². The molecule has 1 atom stereocenters. The molecule has 0 spiro atoms. The largest absolute Gasteiger partial charge is 0.481 e. The van der Waals surface area contributed by atoms with Crippen molar-refractivity contribution in [1.82, 2.24) is 8.61 Å². The third-order valence-corrected chi connectivity index (χ3v) is 4.76. The van der Waals surface area contributed by atoms with Gasteiger partial charge in [-0.25, -0.2) is 0 Å². The van der Waals surface area contributed by atoms with E-state index >= 15 is 0 Å². The Morgan fingerprint density at radius 1 is 1.47 bits per heavy atom. The minimum Gasteiger partial charge on any atom is -0.481 e. The Morgan fingerprint density at radius 2 is 2.05 bits per heavy atom. The number of aliphatic carboxylic acids is 1. The van der Waals surface area contributed by atoms with E-state index in [-0.39, 0.29) is 17.4 Å². The van der Waals surface area contributed by atoms with Gasteiger partial charge in [0.1, 0.15) is 6.54 Å². The van der Waals surface area contributed by atoms with E-state index in [4.69, 9.17) is 5.11 Å². The number of carboxylic acids is 1. The zero-order chi connectivity index (χ0) is 14.8. The highest BCUT2D eigenvalue weighted by Crippen LogP contribution is 2.23. The van der Waals surface area contributed by atoms with Crippen molar-refractivity contribution in [2.75, 3.05) is 26.7 Å². The number of rotatable bonds is 4. The summed E-state index contributed by atoms with van der Waals surface area (Å²) in [4.78, 5) is 10.8. The lowest BCUT2D eigenvalue weighted by molar-refractivity contribution is -0.143. The Labute approximate surface area is 109 Å². The highest BCUT2D eigenvalue weighted by Gasteiger charge is 2.39. The SMILES string of the molecule is CN(CC(F)(F)F)S(=O)(=O)N1CCCC(C(=O)O)C1. The second-order valence-electron chi connectivity index (χ2n) is 4.41. The van der Waals surface area contributed by atoms with Crippen LogP contribution in [-0.2, 0) is 15.0 Å². The lowest BCUT2D eigenvalue weighted by Crippen LogP contribution is -2.49. The van der Waals surface area contributed by atoms with Crippen LogP contribution >= 0.6 is 0 Å². The van der Waals surface area contributed by atoms with Crippen LogP contribution < -0.4 is 0 Å². The van der Waals surface area contributed by atoms with Crippen LogP contribution in [0, 0.1) is 5.92 Å². The van der Waals surface area contributed by atoms with Crippen LogP contribution in [0.25, 0.3) is 0 Å². The van der Waals surface area contributed by atoms with Crippen molar-refractivity contribution in [3.05, 3.63) is 0 Å². The molecule has 1 heterocycles. The smallest absolute Gasteiger partial charge is 0.402 e. The van der Waals surface area contributed by atoms with E-state index in [1.165, 1.54) is 0 Å². The lowest BCUT2D eigenvalue weighted by Gasteiger charge is -2.33.